The average molecular weight is 311 g/mol. The summed E-state index contributed by atoms with van der Waals surface area (Å²) in [4.78, 5) is 11.0. The number of nitrogens with zero attached hydrogens (tertiary/aromatic N) is 4. The van der Waals surface area contributed by atoms with Gasteiger partial charge in [-0.25, -0.2) is 0 Å². The lowest BCUT2D eigenvalue weighted by Gasteiger charge is -2.06. The standard InChI is InChI=1S/C12H15BrN4O/c1-7-10(6-18)9(3)17(15-7)5-11-12(13)8(2)14-16(11)4/h6H,5H2,1-4H3. The fraction of sp³-hybridized carbons (Fsp3) is 0.417. The Bertz CT molecular complexity index is 612. The van der Waals surface area contributed by atoms with Crippen molar-refractivity contribution in [3.63, 3.8) is 0 Å². The van der Waals surface area contributed by atoms with Gasteiger partial charge in [0.15, 0.2) is 6.29 Å². The normalized spacial score (nSPS) is 10.9. The van der Waals surface area contributed by atoms with Crippen LogP contribution < -0.4 is 0 Å². The molecule has 0 aromatic carbocycles. The molecule has 96 valence electrons. The summed E-state index contributed by atoms with van der Waals surface area (Å²) in [7, 11) is 1.90. The average Bonchev–Trinajstić information content (AvgIpc) is 2.71. The van der Waals surface area contributed by atoms with Crippen LogP contribution >= 0.6 is 15.9 Å². The first-order valence-electron chi connectivity index (χ1n) is 5.62. The third kappa shape index (κ3) is 2.01. The van der Waals surface area contributed by atoms with Crippen LogP contribution in [0.2, 0.25) is 0 Å². The van der Waals surface area contributed by atoms with Gasteiger partial charge >= 0.3 is 0 Å². The van der Waals surface area contributed by atoms with E-state index in [1.165, 1.54) is 0 Å². The van der Waals surface area contributed by atoms with Crippen LogP contribution in [0.25, 0.3) is 0 Å². The molecule has 0 fully saturated rings. The molecule has 0 saturated heterocycles. The van der Waals surface area contributed by atoms with E-state index in [4.69, 9.17) is 0 Å². The molecule has 0 aliphatic rings. The van der Waals surface area contributed by atoms with Crippen molar-refractivity contribution in [3.8, 4) is 0 Å². The fourth-order valence-corrected chi connectivity index (χ4v) is 2.49. The van der Waals surface area contributed by atoms with Crippen LogP contribution in [0, 0.1) is 20.8 Å². The molecule has 0 saturated carbocycles. The van der Waals surface area contributed by atoms with Crippen molar-refractivity contribution in [1.29, 1.82) is 0 Å². The molecule has 0 radical (unpaired) electrons. The highest BCUT2D eigenvalue weighted by atomic mass is 79.9. The van der Waals surface area contributed by atoms with Crippen LogP contribution in [-0.2, 0) is 13.6 Å². The summed E-state index contributed by atoms with van der Waals surface area (Å²) in [5, 5.41) is 8.74. The molecule has 0 unspecified atom stereocenters. The summed E-state index contributed by atoms with van der Waals surface area (Å²) in [6.07, 6.45) is 0.859. The van der Waals surface area contributed by atoms with E-state index in [0.29, 0.717) is 12.1 Å². The lowest BCUT2D eigenvalue weighted by molar-refractivity contribution is 0.112. The number of aryl methyl sites for hydroxylation is 3. The van der Waals surface area contributed by atoms with Gasteiger partial charge in [0, 0.05) is 12.7 Å². The summed E-state index contributed by atoms with van der Waals surface area (Å²) < 4.78 is 4.65. The topological polar surface area (TPSA) is 52.7 Å². The summed E-state index contributed by atoms with van der Waals surface area (Å²) in [6.45, 7) is 6.29. The molecule has 18 heavy (non-hydrogen) atoms. The number of carbonyl (C=O) groups excluding carboxylic acids is 1. The molecular formula is C12H15BrN4O. The number of hydrogen-bond acceptors (Lipinski definition) is 3. The van der Waals surface area contributed by atoms with E-state index < -0.39 is 0 Å². The van der Waals surface area contributed by atoms with E-state index in [1.54, 1.807) is 0 Å². The Hall–Kier alpha value is -1.43. The zero-order valence-electron chi connectivity index (χ0n) is 10.9. The van der Waals surface area contributed by atoms with Gasteiger partial charge < -0.3 is 0 Å². The van der Waals surface area contributed by atoms with E-state index in [-0.39, 0.29) is 0 Å². The molecule has 2 rings (SSSR count). The number of aldehydes is 1. The van der Waals surface area contributed by atoms with Gasteiger partial charge in [0.25, 0.3) is 0 Å². The largest absolute Gasteiger partial charge is 0.298 e. The molecule has 0 atom stereocenters. The van der Waals surface area contributed by atoms with Crippen molar-refractivity contribution in [1.82, 2.24) is 19.6 Å². The summed E-state index contributed by atoms with van der Waals surface area (Å²) >= 11 is 3.53. The predicted octanol–water partition coefficient (Wildman–Crippen LogP) is 2.17. The van der Waals surface area contributed by atoms with Crippen molar-refractivity contribution in [2.24, 2.45) is 7.05 Å². The molecule has 5 nitrogen and oxygen atoms in total. The van der Waals surface area contributed by atoms with E-state index in [9.17, 15) is 4.79 Å². The third-order valence-electron chi connectivity index (χ3n) is 3.12. The van der Waals surface area contributed by atoms with Gasteiger partial charge in [0.05, 0.1) is 33.7 Å². The number of hydrogen-bond donors (Lipinski definition) is 0. The maximum atomic E-state index is 11.0. The van der Waals surface area contributed by atoms with Crippen molar-refractivity contribution < 1.29 is 4.79 Å². The monoisotopic (exact) mass is 310 g/mol. The van der Waals surface area contributed by atoms with Gasteiger partial charge in [-0.2, -0.15) is 10.2 Å². The Balaban J connectivity index is 2.43. The molecular weight excluding hydrogens is 296 g/mol. The minimum absolute atomic E-state index is 0.596. The number of halogens is 1. The van der Waals surface area contributed by atoms with Gasteiger partial charge in [-0.05, 0) is 36.7 Å². The first-order valence-corrected chi connectivity index (χ1v) is 6.42. The van der Waals surface area contributed by atoms with Gasteiger partial charge in [-0.3, -0.25) is 14.2 Å². The Morgan fingerprint density at radius 1 is 1.22 bits per heavy atom. The molecule has 2 aromatic rings. The SMILES string of the molecule is Cc1nn(C)c(Cn2nc(C)c(C=O)c2C)c1Br. The molecule has 0 spiro atoms. The van der Waals surface area contributed by atoms with Crippen LogP contribution in [0.5, 0.6) is 0 Å². The second kappa shape index (κ2) is 4.68. The summed E-state index contributed by atoms with van der Waals surface area (Å²) in [5.41, 5.74) is 4.30. The second-order valence-electron chi connectivity index (χ2n) is 4.33. The first-order chi connectivity index (χ1) is 8.45. The zero-order chi connectivity index (χ0) is 13.4. The Morgan fingerprint density at radius 3 is 2.33 bits per heavy atom. The van der Waals surface area contributed by atoms with E-state index in [1.807, 2.05) is 37.2 Å². The van der Waals surface area contributed by atoms with Gasteiger partial charge in [-0.15, -0.1) is 0 Å². The summed E-state index contributed by atoms with van der Waals surface area (Å²) in [6, 6.07) is 0. The lowest BCUT2D eigenvalue weighted by atomic mass is 10.2. The fourth-order valence-electron chi connectivity index (χ4n) is 2.03. The smallest absolute Gasteiger partial charge is 0.153 e. The van der Waals surface area contributed by atoms with Gasteiger partial charge in [0.2, 0.25) is 0 Å². The van der Waals surface area contributed by atoms with Crippen LogP contribution in [-0.4, -0.2) is 25.8 Å². The Kier molecular flexibility index (Phi) is 3.38. The van der Waals surface area contributed by atoms with Crippen molar-refractivity contribution >= 4 is 22.2 Å². The van der Waals surface area contributed by atoms with Gasteiger partial charge in [0.1, 0.15) is 0 Å². The molecule has 0 amide bonds. The quantitative estimate of drug-likeness (QED) is 0.816. The summed E-state index contributed by atoms with van der Waals surface area (Å²) in [5.74, 6) is 0. The number of carbonyl (C=O) groups is 1. The predicted molar refractivity (Wildman–Crippen MR) is 71.8 cm³/mol. The molecule has 0 bridgehead atoms. The second-order valence-corrected chi connectivity index (χ2v) is 5.12. The number of aromatic nitrogens is 4. The highest BCUT2D eigenvalue weighted by Gasteiger charge is 2.15. The van der Waals surface area contributed by atoms with Crippen LogP contribution in [0.1, 0.15) is 33.1 Å². The van der Waals surface area contributed by atoms with E-state index in [2.05, 4.69) is 26.1 Å². The van der Waals surface area contributed by atoms with Crippen molar-refractivity contribution in [2.45, 2.75) is 27.3 Å². The third-order valence-corrected chi connectivity index (χ3v) is 4.15. The molecule has 0 N–H and O–H groups in total. The van der Waals surface area contributed by atoms with Crippen LogP contribution in [0.3, 0.4) is 0 Å². The maximum absolute atomic E-state index is 11.0. The van der Waals surface area contributed by atoms with Crippen LogP contribution in [0.15, 0.2) is 4.47 Å². The highest BCUT2D eigenvalue weighted by molar-refractivity contribution is 9.10. The number of rotatable bonds is 3. The van der Waals surface area contributed by atoms with Crippen LogP contribution in [0.4, 0.5) is 0 Å². The van der Waals surface area contributed by atoms with Crippen molar-refractivity contribution in [3.05, 3.63) is 32.8 Å². The highest BCUT2D eigenvalue weighted by Crippen LogP contribution is 2.22. The zero-order valence-corrected chi connectivity index (χ0v) is 12.4. The molecule has 2 aromatic heterocycles. The molecule has 0 aliphatic heterocycles. The molecule has 0 aliphatic carbocycles. The van der Waals surface area contributed by atoms with Crippen molar-refractivity contribution in [2.75, 3.05) is 0 Å². The first kappa shape index (κ1) is 13.0. The maximum Gasteiger partial charge on any atom is 0.153 e. The van der Waals surface area contributed by atoms with E-state index in [0.717, 1.165) is 33.5 Å². The lowest BCUT2D eigenvalue weighted by Crippen LogP contribution is -2.09. The minimum Gasteiger partial charge on any atom is -0.298 e. The minimum atomic E-state index is 0.596. The molecule has 2 heterocycles. The Morgan fingerprint density at radius 2 is 1.89 bits per heavy atom. The Labute approximate surface area is 114 Å². The van der Waals surface area contributed by atoms with E-state index >= 15 is 0 Å². The molecule has 6 heteroatoms. The van der Waals surface area contributed by atoms with Gasteiger partial charge in [-0.1, -0.05) is 0 Å².